The van der Waals surface area contributed by atoms with Crippen LogP contribution in [0.5, 0.6) is 0 Å². The summed E-state index contributed by atoms with van der Waals surface area (Å²) in [5, 5.41) is 22.0. The molecule has 2 fully saturated rings. The Morgan fingerprint density at radius 1 is 0.625 bits per heavy atom. The van der Waals surface area contributed by atoms with Gasteiger partial charge < -0.3 is 53.5 Å². The normalized spacial score (nSPS) is 28.8. The maximum Gasteiger partial charge on any atom is 0.243 e. The topological polar surface area (TPSA) is 58.9 Å². The highest BCUT2D eigenvalue weighted by atomic mass is 35.5. The average molecular weight is 485 g/mol. The third-order valence-electron chi connectivity index (χ3n) is 6.36. The second kappa shape index (κ2) is 9.57. The van der Waals surface area contributed by atoms with Crippen molar-refractivity contribution in [3.63, 3.8) is 0 Å². The first-order valence-electron chi connectivity index (χ1n) is 10.6. The van der Waals surface area contributed by atoms with E-state index in [-0.39, 0.29) is 24.8 Å². The lowest BCUT2D eigenvalue weighted by molar-refractivity contribution is -0.912. The van der Waals surface area contributed by atoms with Crippen molar-refractivity contribution in [2.75, 3.05) is 67.6 Å². The van der Waals surface area contributed by atoms with Gasteiger partial charge >= 0.3 is 0 Å². The number of likely N-dealkylation sites (N-methyl/N-ethyl adjacent to an activating group) is 2. The number of ether oxygens (including phenoxy) is 2. The van der Waals surface area contributed by atoms with Gasteiger partial charge in [-0.05, 0) is 11.1 Å². The van der Waals surface area contributed by atoms with Crippen molar-refractivity contribution in [1.82, 2.24) is 0 Å². The van der Waals surface area contributed by atoms with Crippen LogP contribution < -0.4 is 24.8 Å². The van der Waals surface area contributed by atoms with Crippen molar-refractivity contribution >= 4 is 0 Å². The zero-order chi connectivity index (χ0) is 21.6. The van der Waals surface area contributed by atoms with E-state index in [1.54, 1.807) is 0 Å². The zero-order valence-electron chi connectivity index (χ0n) is 19.2. The molecule has 4 rings (SSSR count). The predicted octanol–water partition coefficient (Wildman–Crippen LogP) is -4.13. The fourth-order valence-corrected chi connectivity index (χ4v) is 4.53. The Balaban J connectivity index is 0.00000181. The summed E-state index contributed by atoms with van der Waals surface area (Å²) < 4.78 is 12.9. The molecule has 2 aromatic carbocycles. The number of hydrogen-bond acceptors (Lipinski definition) is 4. The van der Waals surface area contributed by atoms with Gasteiger partial charge in [-0.25, -0.2) is 0 Å². The number of rotatable bonds is 3. The predicted molar refractivity (Wildman–Crippen MR) is 115 cm³/mol. The molecule has 2 unspecified atom stereocenters. The first-order valence-corrected chi connectivity index (χ1v) is 10.6. The van der Waals surface area contributed by atoms with E-state index < -0.39 is 11.6 Å². The molecule has 2 aliphatic rings. The van der Waals surface area contributed by atoms with Gasteiger partial charge in [0, 0.05) is 11.1 Å². The summed E-state index contributed by atoms with van der Waals surface area (Å²) in [5.41, 5.74) is 3.65. The SMILES string of the molecule is C[N+]1(C)CCOC(O)(c2ccc(-c3ccc(C4(O)C[N+](C)(C)CCO4)cc3)cc2)C1.[Cl-].[Cl-]. The Hall–Kier alpha value is -1.22. The highest BCUT2D eigenvalue weighted by molar-refractivity contribution is 5.64. The maximum atomic E-state index is 11.0. The van der Waals surface area contributed by atoms with E-state index in [9.17, 15) is 10.2 Å². The highest BCUT2D eigenvalue weighted by Crippen LogP contribution is 2.33. The lowest BCUT2D eigenvalue weighted by Gasteiger charge is -2.42. The van der Waals surface area contributed by atoms with Gasteiger partial charge in [-0.1, -0.05) is 48.5 Å². The standard InChI is InChI=1S/C24H34N2O4.2ClH/c1-25(2)13-15-29-23(27,17-25)21-9-5-19(6-10-21)20-7-11-22(12-8-20)24(28)18-26(3,4)14-16-30-24;;/h5-12,27-28H,13-18H2,1-4H3;2*1H/q+2;;/p-2. The molecule has 8 heteroatoms. The Bertz CT molecular complexity index is 830. The van der Waals surface area contributed by atoms with Crippen molar-refractivity contribution in [3.8, 4) is 11.1 Å². The summed E-state index contributed by atoms with van der Waals surface area (Å²) in [7, 11) is 8.42. The van der Waals surface area contributed by atoms with Crippen LogP contribution in [0.3, 0.4) is 0 Å². The Kier molecular flexibility index (Phi) is 8.08. The van der Waals surface area contributed by atoms with Crippen molar-refractivity contribution < 1.29 is 53.5 Å². The van der Waals surface area contributed by atoms with Crippen molar-refractivity contribution in [2.24, 2.45) is 0 Å². The molecule has 0 amide bonds. The van der Waals surface area contributed by atoms with Gasteiger partial charge in [-0.3, -0.25) is 0 Å². The second-order valence-electron chi connectivity index (χ2n) is 10.1. The van der Waals surface area contributed by atoms with Crippen LogP contribution in [0, 0.1) is 0 Å². The molecule has 178 valence electrons. The third-order valence-corrected chi connectivity index (χ3v) is 6.36. The first-order chi connectivity index (χ1) is 14.0. The minimum absolute atomic E-state index is 0. The van der Waals surface area contributed by atoms with Crippen LogP contribution in [-0.4, -0.2) is 86.8 Å². The van der Waals surface area contributed by atoms with E-state index in [4.69, 9.17) is 9.47 Å². The Labute approximate surface area is 203 Å². The van der Waals surface area contributed by atoms with Crippen LogP contribution in [0.1, 0.15) is 11.1 Å². The highest BCUT2D eigenvalue weighted by Gasteiger charge is 2.43. The number of morpholine rings is 2. The van der Waals surface area contributed by atoms with Gasteiger partial charge in [0.2, 0.25) is 11.6 Å². The van der Waals surface area contributed by atoms with Crippen molar-refractivity contribution in [1.29, 1.82) is 0 Å². The van der Waals surface area contributed by atoms with Crippen molar-refractivity contribution in [3.05, 3.63) is 59.7 Å². The van der Waals surface area contributed by atoms with E-state index in [1.165, 1.54) is 0 Å². The van der Waals surface area contributed by atoms with E-state index in [0.717, 1.165) is 44.3 Å². The van der Waals surface area contributed by atoms with E-state index in [1.807, 2.05) is 48.5 Å². The molecule has 2 atom stereocenters. The molecule has 0 saturated carbocycles. The molecule has 6 nitrogen and oxygen atoms in total. The van der Waals surface area contributed by atoms with Gasteiger partial charge in [0.1, 0.15) is 26.2 Å². The van der Waals surface area contributed by atoms with E-state index >= 15 is 0 Å². The largest absolute Gasteiger partial charge is 1.00 e. The molecule has 2 aliphatic heterocycles. The second-order valence-corrected chi connectivity index (χ2v) is 10.1. The summed E-state index contributed by atoms with van der Waals surface area (Å²) in [6.45, 7) is 3.89. The molecule has 2 heterocycles. The lowest BCUT2D eigenvalue weighted by atomic mass is 9.96. The van der Waals surface area contributed by atoms with Gasteiger partial charge in [0.25, 0.3) is 0 Å². The number of quaternary nitrogens is 2. The van der Waals surface area contributed by atoms with Crippen LogP contribution in [0.4, 0.5) is 0 Å². The molecule has 0 aliphatic carbocycles. The van der Waals surface area contributed by atoms with E-state index in [0.29, 0.717) is 26.3 Å². The smallest absolute Gasteiger partial charge is 0.243 e. The minimum Gasteiger partial charge on any atom is -1.00 e. The fraction of sp³-hybridized carbons (Fsp3) is 0.500. The van der Waals surface area contributed by atoms with E-state index in [2.05, 4.69) is 28.2 Å². The Morgan fingerprint density at radius 3 is 1.22 bits per heavy atom. The molecular weight excluding hydrogens is 451 g/mol. The van der Waals surface area contributed by atoms with Crippen LogP contribution >= 0.6 is 0 Å². The van der Waals surface area contributed by atoms with Crippen LogP contribution in [0.15, 0.2) is 48.5 Å². The molecule has 2 N–H and O–H groups in total. The lowest BCUT2D eigenvalue weighted by Crippen LogP contribution is -3.00. The molecule has 0 radical (unpaired) electrons. The summed E-state index contributed by atoms with van der Waals surface area (Å²) in [5.74, 6) is -2.51. The number of halogens is 2. The van der Waals surface area contributed by atoms with Crippen LogP contribution in [-0.2, 0) is 21.0 Å². The Morgan fingerprint density at radius 2 is 0.938 bits per heavy atom. The monoisotopic (exact) mass is 484 g/mol. The van der Waals surface area contributed by atoms with Gasteiger partial charge in [0.05, 0.1) is 41.4 Å². The average Bonchev–Trinajstić information content (AvgIpc) is 2.66. The summed E-state index contributed by atoms with van der Waals surface area (Å²) >= 11 is 0. The number of nitrogens with zero attached hydrogens (tertiary/aromatic N) is 2. The fourth-order valence-electron chi connectivity index (χ4n) is 4.53. The summed E-state index contributed by atoms with van der Waals surface area (Å²) in [6, 6.07) is 15.8. The maximum absolute atomic E-state index is 11.0. The van der Waals surface area contributed by atoms with Crippen molar-refractivity contribution in [2.45, 2.75) is 11.6 Å². The number of hydrogen-bond donors (Lipinski definition) is 2. The zero-order valence-corrected chi connectivity index (χ0v) is 20.7. The van der Waals surface area contributed by atoms with Gasteiger partial charge in [-0.15, -0.1) is 0 Å². The molecular formula is C24H34Cl2N2O4. The third kappa shape index (κ3) is 5.64. The molecule has 2 saturated heterocycles. The molecule has 32 heavy (non-hydrogen) atoms. The minimum atomic E-state index is -1.25. The van der Waals surface area contributed by atoms with Gasteiger partial charge in [-0.2, -0.15) is 0 Å². The molecule has 0 spiro atoms. The number of benzene rings is 2. The molecule has 0 bridgehead atoms. The summed E-state index contributed by atoms with van der Waals surface area (Å²) in [4.78, 5) is 0. The van der Waals surface area contributed by atoms with Gasteiger partial charge in [0.15, 0.2) is 0 Å². The molecule has 0 aromatic heterocycles. The number of aliphatic hydroxyl groups is 2. The quantitative estimate of drug-likeness (QED) is 0.434. The molecule has 2 aromatic rings. The summed E-state index contributed by atoms with van der Waals surface area (Å²) in [6.07, 6.45) is 0. The van der Waals surface area contributed by atoms with Crippen LogP contribution in [0.25, 0.3) is 11.1 Å². The van der Waals surface area contributed by atoms with Crippen LogP contribution in [0.2, 0.25) is 0 Å². The first kappa shape index (κ1) is 27.0.